The van der Waals surface area contributed by atoms with E-state index in [1.807, 2.05) is 18.2 Å². The molecule has 3 rings (SSSR count). The van der Waals surface area contributed by atoms with Crippen molar-refractivity contribution in [1.29, 1.82) is 0 Å². The van der Waals surface area contributed by atoms with Gasteiger partial charge in [0.1, 0.15) is 18.1 Å². The highest BCUT2D eigenvalue weighted by atomic mass is 16.5. The van der Waals surface area contributed by atoms with Crippen LogP contribution in [0.5, 0.6) is 11.5 Å². The van der Waals surface area contributed by atoms with Gasteiger partial charge in [-0.2, -0.15) is 0 Å². The Morgan fingerprint density at radius 3 is 3.00 bits per heavy atom. The first-order valence-corrected chi connectivity index (χ1v) is 8.51. The van der Waals surface area contributed by atoms with Crippen LogP contribution in [-0.4, -0.2) is 32.2 Å². The number of methoxy groups -OCH3 is 1. The van der Waals surface area contributed by atoms with Gasteiger partial charge in [0.05, 0.1) is 13.0 Å². The van der Waals surface area contributed by atoms with E-state index in [9.17, 15) is 4.79 Å². The fraction of sp³-hybridized carbons (Fsp3) is 0.611. The van der Waals surface area contributed by atoms with Gasteiger partial charge < -0.3 is 20.5 Å². The second-order valence-electron chi connectivity index (χ2n) is 6.58. The Morgan fingerprint density at radius 2 is 2.22 bits per heavy atom. The van der Waals surface area contributed by atoms with Crippen molar-refractivity contribution in [3.05, 3.63) is 23.8 Å². The van der Waals surface area contributed by atoms with Crippen molar-refractivity contribution in [3.63, 3.8) is 0 Å². The number of nitrogens with two attached hydrogens (primary N) is 1. The Kier molecular flexibility index (Phi) is 5.06. The van der Waals surface area contributed by atoms with E-state index in [1.165, 1.54) is 12.8 Å². The van der Waals surface area contributed by atoms with E-state index in [0.717, 1.165) is 29.9 Å². The molecule has 1 aromatic carbocycles. The second-order valence-corrected chi connectivity index (χ2v) is 6.58. The van der Waals surface area contributed by atoms with Crippen LogP contribution in [0.2, 0.25) is 0 Å². The number of ether oxygens (including phenoxy) is 2. The minimum Gasteiger partial charge on any atom is -0.497 e. The quantitative estimate of drug-likeness (QED) is 0.889. The zero-order chi connectivity index (χ0) is 16.2. The van der Waals surface area contributed by atoms with Crippen molar-refractivity contribution in [1.82, 2.24) is 5.32 Å². The molecule has 23 heavy (non-hydrogen) atoms. The van der Waals surface area contributed by atoms with E-state index in [4.69, 9.17) is 15.2 Å². The minimum atomic E-state index is -0.144. The van der Waals surface area contributed by atoms with Crippen LogP contribution >= 0.6 is 0 Å². The third-order valence-electron chi connectivity index (χ3n) is 5.08. The first-order valence-electron chi connectivity index (χ1n) is 8.51. The van der Waals surface area contributed by atoms with Crippen molar-refractivity contribution in [3.8, 4) is 11.5 Å². The molecule has 1 aromatic rings. The van der Waals surface area contributed by atoms with Gasteiger partial charge >= 0.3 is 0 Å². The molecule has 0 spiro atoms. The predicted molar refractivity (Wildman–Crippen MR) is 88.6 cm³/mol. The number of hydrogen-bond donors (Lipinski definition) is 2. The van der Waals surface area contributed by atoms with Crippen molar-refractivity contribution in [2.75, 3.05) is 20.3 Å². The maximum Gasteiger partial charge on any atom is 0.227 e. The summed E-state index contributed by atoms with van der Waals surface area (Å²) in [6.07, 6.45) is 5.23. The maximum absolute atomic E-state index is 12.6. The first kappa shape index (κ1) is 16.1. The van der Waals surface area contributed by atoms with Crippen LogP contribution in [0.25, 0.3) is 0 Å². The number of amides is 1. The molecule has 3 atom stereocenters. The topological polar surface area (TPSA) is 73.6 Å². The Labute approximate surface area is 137 Å². The molecule has 2 aliphatic rings. The summed E-state index contributed by atoms with van der Waals surface area (Å²) < 4.78 is 11.0. The molecule has 1 amide bonds. The summed E-state index contributed by atoms with van der Waals surface area (Å²) in [7, 11) is 1.64. The Balaban J connectivity index is 1.64. The van der Waals surface area contributed by atoms with Crippen molar-refractivity contribution in [2.45, 2.75) is 38.1 Å². The zero-order valence-corrected chi connectivity index (χ0v) is 13.7. The van der Waals surface area contributed by atoms with Crippen molar-refractivity contribution in [2.24, 2.45) is 17.6 Å². The van der Waals surface area contributed by atoms with Gasteiger partial charge in [-0.3, -0.25) is 4.79 Å². The van der Waals surface area contributed by atoms with Crippen LogP contribution in [0.1, 0.15) is 31.2 Å². The highest BCUT2D eigenvalue weighted by molar-refractivity contribution is 5.80. The van der Waals surface area contributed by atoms with Crippen LogP contribution in [0.4, 0.5) is 0 Å². The molecule has 1 aliphatic heterocycles. The smallest absolute Gasteiger partial charge is 0.227 e. The molecule has 1 saturated carbocycles. The molecule has 0 radical (unpaired) electrons. The molecule has 0 saturated heterocycles. The fourth-order valence-corrected chi connectivity index (χ4v) is 3.65. The van der Waals surface area contributed by atoms with E-state index in [-0.39, 0.29) is 17.9 Å². The molecule has 0 aromatic heterocycles. The van der Waals surface area contributed by atoms with Crippen LogP contribution in [0.3, 0.4) is 0 Å². The van der Waals surface area contributed by atoms with Gasteiger partial charge in [0.15, 0.2) is 0 Å². The molecule has 3 unspecified atom stereocenters. The highest BCUT2D eigenvalue weighted by Crippen LogP contribution is 2.31. The van der Waals surface area contributed by atoms with Crippen molar-refractivity contribution >= 4 is 5.91 Å². The van der Waals surface area contributed by atoms with Gasteiger partial charge in [-0.25, -0.2) is 0 Å². The van der Waals surface area contributed by atoms with E-state index < -0.39 is 0 Å². The Hall–Kier alpha value is -1.75. The minimum absolute atomic E-state index is 0.0869. The van der Waals surface area contributed by atoms with Gasteiger partial charge in [0.2, 0.25) is 5.91 Å². The number of fused-ring (bicyclic) bond motifs is 1. The van der Waals surface area contributed by atoms with Crippen LogP contribution in [0, 0.1) is 11.8 Å². The van der Waals surface area contributed by atoms with E-state index in [0.29, 0.717) is 25.5 Å². The first-order chi connectivity index (χ1) is 11.2. The number of benzene rings is 1. The Morgan fingerprint density at radius 1 is 1.39 bits per heavy atom. The fourth-order valence-electron chi connectivity index (χ4n) is 3.65. The van der Waals surface area contributed by atoms with Gasteiger partial charge in [-0.15, -0.1) is 0 Å². The molecule has 1 fully saturated rings. The van der Waals surface area contributed by atoms with Gasteiger partial charge in [-0.05, 0) is 55.5 Å². The second kappa shape index (κ2) is 7.21. The molecule has 1 heterocycles. The molecule has 3 N–H and O–H groups in total. The lowest BCUT2D eigenvalue weighted by Crippen LogP contribution is -2.48. The molecule has 5 nitrogen and oxygen atoms in total. The van der Waals surface area contributed by atoms with Crippen LogP contribution < -0.4 is 20.5 Å². The monoisotopic (exact) mass is 318 g/mol. The lowest BCUT2D eigenvalue weighted by Gasteiger charge is -2.33. The summed E-state index contributed by atoms with van der Waals surface area (Å²) in [5.74, 6) is 2.00. The van der Waals surface area contributed by atoms with Gasteiger partial charge in [-0.1, -0.05) is 12.8 Å². The SMILES string of the molecule is COc1ccc2c(c1)CC(C(=O)NC1CCCCC1CN)CO2. The predicted octanol–water partition coefficient (Wildman–Crippen LogP) is 1.88. The van der Waals surface area contributed by atoms with E-state index >= 15 is 0 Å². The number of carbonyl (C=O) groups excluding carboxylic acids is 1. The summed E-state index contributed by atoms with van der Waals surface area (Å²) in [4.78, 5) is 12.6. The molecule has 1 aliphatic carbocycles. The largest absolute Gasteiger partial charge is 0.497 e. The highest BCUT2D eigenvalue weighted by Gasteiger charge is 2.31. The number of rotatable bonds is 4. The molecule has 126 valence electrons. The molecular formula is C18H26N2O3. The molecule has 0 bridgehead atoms. The lowest BCUT2D eigenvalue weighted by atomic mass is 9.84. The summed E-state index contributed by atoms with van der Waals surface area (Å²) in [5, 5.41) is 3.22. The molecule has 5 heteroatoms. The summed E-state index contributed by atoms with van der Waals surface area (Å²) >= 11 is 0. The van der Waals surface area contributed by atoms with Crippen LogP contribution in [0.15, 0.2) is 18.2 Å². The van der Waals surface area contributed by atoms with Crippen molar-refractivity contribution < 1.29 is 14.3 Å². The molecular weight excluding hydrogens is 292 g/mol. The third kappa shape index (κ3) is 3.61. The average Bonchev–Trinajstić information content (AvgIpc) is 2.61. The summed E-state index contributed by atoms with van der Waals surface area (Å²) in [5.41, 5.74) is 6.89. The zero-order valence-electron chi connectivity index (χ0n) is 13.7. The lowest BCUT2D eigenvalue weighted by molar-refractivity contribution is -0.127. The average molecular weight is 318 g/mol. The third-order valence-corrected chi connectivity index (χ3v) is 5.08. The number of hydrogen-bond acceptors (Lipinski definition) is 4. The normalized spacial score (nSPS) is 26.8. The number of nitrogens with one attached hydrogen (secondary N) is 1. The van der Waals surface area contributed by atoms with E-state index in [1.54, 1.807) is 7.11 Å². The maximum atomic E-state index is 12.6. The number of carbonyl (C=O) groups is 1. The standard InChI is InChI=1S/C18H26N2O3/c1-22-15-6-7-17-13(9-15)8-14(11-23-17)18(21)20-16-5-3-2-4-12(16)10-19/h6-7,9,12,14,16H,2-5,8,10-11,19H2,1H3,(H,20,21). The van der Waals surface area contributed by atoms with E-state index in [2.05, 4.69) is 5.32 Å². The summed E-state index contributed by atoms with van der Waals surface area (Å²) in [6, 6.07) is 5.96. The van der Waals surface area contributed by atoms with Crippen LogP contribution in [-0.2, 0) is 11.2 Å². The Bertz CT molecular complexity index is 561. The van der Waals surface area contributed by atoms with Gasteiger partial charge in [0.25, 0.3) is 0 Å². The van der Waals surface area contributed by atoms with Gasteiger partial charge in [0, 0.05) is 6.04 Å². The summed E-state index contributed by atoms with van der Waals surface area (Å²) in [6.45, 7) is 1.08.